The number of likely N-dealkylation sites (tertiary alicyclic amines) is 2. The lowest BCUT2D eigenvalue weighted by Gasteiger charge is -2.27. The van der Waals surface area contributed by atoms with E-state index in [1.165, 1.54) is 69.4 Å². The molecule has 2 saturated heterocycles. The summed E-state index contributed by atoms with van der Waals surface area (Å²) in [6.45, 7) is 8.82. The third-order valence-electron chi connectivity index (χ3n) is 7.02. The molecule has 0 spiro atoms. The predicted molar refractivity (Wildman–Crippen MR) is 113 cm³/mol. The molecule has 1 amide bonds. The van der Waals surface area contributed by atoms with E-state index in [9.17, 15) is 4.79 Å². The summed E-state index contributed by atoms with van der Waals surface area (Å²) in [4.78, 5) is 17.9. The highest BCUT2D eigenvalue weighted by Gasteiger charge is 2.31. The molecular formula is C23H38N4O. The molecule has 28 heavy (non-hydrogen) atoms. The summed E-state index contributed by atoms with van der Waals surface area (Å²) in [6, 6.07) is 0. The monoisotopic (exact) mass is 386 g/mol. The van der Waals surface area contributed by atoms with E-state index in [1.807, 2.05) is 0 Å². The molecule has 3 aliphatic rings. The fraction of sp³-hybridized carbons (Fsp3) is 0.826. The molecule has 5 heteroatoms. The lowest BCUT2D eigenvalue weighted by atomic mass is 9.83. The maximum atomic E-state index is 13.2. The van der Waals surface area contributed by atoms with Crippen LogP contribution in [0.15, 0.2) is 0 Å². The second-order valence-corrected chi connectivity index (χ2v) is 9.15. The first-order valence-corrected chi connectivity index (χ1v) is 11.9. The van der Waals surface area contributed by atoms with Crippen molar-refractivity contribution in [3.63, 3.8) is 0 Å². The Labute approximate surface area is 170 Å². The standard InChI is InChI=1S/C23H38N4O/c1-2-12-27-21-11-10-19(9-8-15-25-13-6-7-14-25)18-20(21)22(24-27)23(28)26-16-4-3-5-17-26/h19H,2-18H2,1H3. The largest absolute Gasteiger partial charge is 0.337 e. The van der Waals surface area contributed by atoms with Crippen molar-refractivity contribution < 1.29 is 4.79 Å². The predicted octanol–water partition coefficient (Wildman–Crippen LogP) is 3.90. The first-order chi connectivity index (χ1) is 13.8. The summed E-state index contributed by atoms with van der Waals surface area (Å²) in [5, 5.41) is 4.85. The Kier molecular flexibility index (Phi) is 6.71. The molecule has 1 aromatic rings. The number of aromatic nitrogens is 2. The number of amides is 1. The maximum Gasteiger partial charge on any atom is 0.274 e. The van der Waals surface area contributed by atoms with Gasteiger partial charge in [0.1, 0.15) is 0 Å². The second-order valence-electron chi connectivity index (χ2n) is 9.15. The molecule has 0 saturated carbocycles. The Balaban J connectivity index is 1.44. The first kappa shape index (κ1) is 19.9. The van der Waals surface area contributed by atoms with E-state index >= 15 is 0 Å². The lowest BCUT2D eigenvalue weighted by Crippen LogP contribution is -2.36. The van der Waals surface area contributed by atoms with Gasteiger partial charge in [-0.05, 0) is 96.2 Å². The molecule has 2 fully saturated rings. The number of nitrogens with zero attached hydrogens (tertiary/aromatic N) is 4. The van der Waals surface area contributed by atoms with Crippen LogP contribution >= 0.6 is 0 Å². The molecule has 0 radical (unpaired) electrons. The normalized spacial score (nSPS) is 23.2. The highest BCUT2D eigenvalue weighted by Crippen LogP contribution is 2.32. The fourth-order valence-corrected chi connectivity index (χ4v) is 5.43. The van der Waals surface area contributed by atoms with Gasteiger partial charge in [-0.25, -0.2) is 0 Å². The molecule has 156 valence electrons. The van der Waals surface area contributed by atoms with Crippen LogP contribution in [-0.4, -0.2) is 58.2 Å². The third-order valence-corrected chi connectivity index (χ3v) is 7.02. The second kappa shape index (κ2) is 9.43. The van der Waals surface area contributed by atoms with Crippen LogP contribution in [0.3, 0.4) is 0 Å². The zero-order valence-electron chi connectivity index (χ0n) is 17.8. The minimum Gasteiger partial charge on any atom is -0.337 e. The lowest BCUT2D eigenvalue weighted by molar-refractivity contribution is 0.0716. The summed E-state index contributed by atoms with van der Waals surface area (Å²) in [7, 11) is 0. The molecule has 1 atom stereocenters. The smallest absolute Gasteiger partial charge is 0.274 e. The average Bonchev–Trinajstić information content (AvgIpc) is 3.37. The van der Waals surface area contributed by atoms with Crippen LogP contribution < -0.4 is 0 Å². The van der Waals surface area contributed by atoms with Crippen LogP contribution in [0.25, 0.3) is 0 Å². The minimum absolute atomic E-state index is 0.198. The van der Waals surface area contributed by atoms with Gasteiger partial charge in [-0.15, -0.1) is 0 Å². The molecule has 0 N–H and O–H groups in total. The molecule has 1 aliphatic carbocycles. The van der Waals surface area contributed by atoms with Crippen LogP contribution in [0.4, 0.5) is 0 Å². The molecule has 0 aromatic carbocycles. The quantitative estimate of drug-likeness (QED) is 0.714. The summed E-state index contributed by atoms with van der Waals surface area (Å²) >= 11 is 0. The van der Waals surface area contributed by atoms with Crippen LogP contribution in [0, 0.1) is 5.92 Å². The van der Waals surface area contributed by atoms with Gasteiger partial charge in [-0.1, -0.05) is 6.92 Å². The van der Waals surface area contributed by atoms with Crippen molar-refractivity contribution in [2.45, 2.75) is 84.1 Å². The Morgan fingerprint density at radius 3 is 2.54 bits per heavy atom. The fourth-order valence-electron chi connectivity index (χ4n) is 5.43. The number of aryl methyl sites for hydroxylation is 1. The highest BCUT2D eigenvalue weighted by molar-refractivity contribution is 5.94. The van der Waals surface area contributed by atoms with E-state index in [0.717, 1.165) is 63.4 Å². The van der Waals surface area contributed by atoms with E-state index in [0.29, 0.717) is 0 Å². The van der Waals surface area contributed by atoms with Gasteiger partial charge in [-0.2, -0.15) is 5.10 Å². The van der Waals surface area contributed by atoms with Gasteiger partial charge in [0.2, 0.25) is 0 Å². The van der Waals surface area contributed by atoms with Crippen LogP contribution in [0.1, 0.15) is 86.5 Å². The van der Waals surface area contributed by atoms with Gasteiger partial charge in [0.05, 0.1) is 0 Å². The summed E-state index contributed by atoms with van der Waals surface area (Å²) in [6.07, 6.45) is 13.4. The number of fused-ring (bicyclic) bond motifs is 1. The maximum absolute atomic E-state index is 13.2. The van der Waals surface area contributed by atoms with Gasteiger partial charge in [-0.3, -0.25) is 9.48 Å². The van der Waals surface area contributed by atoms with Crippen molar-refractivity contribution in [3.8, 4) is 0 Å². The Hall–Kier alpha value is -1.36. The molecule has 4 rings (SSSR count). The number of hydrogen-bond donors (Lipinski definition) is 0. The molecule has 1 aromatic heterocycles. The van der Waals surface area contributed by atoms with Gasteiger partial charge in [0.15, 0.2) is 5.69 Å². The van der Waals surface area contributed by atoms with E-state index in [2.05, 4.69) is 21.4 Å². The Morgan fingerprint density at radius 1 is 1.04 bits per heavy atom. The molecule has 2 aliphatic heterocycles. The summed E-state index contributed by atoms with van der Waals surface area (Å²) in [5.74, 6) is 0.922. The van der Waals surface area contributed by atoms with Crippen molar-refractivity contribution in [2.75, 3.05) is 32.7 Å². The van der Waals surface area contributed by atoms with E-state index in [4.69, 9.17) is 5.10 Å². The van der Waals surface area contributed by atoms with Gasteiger partial charge in [0.25, 0.3) is 5.91 Å². The van der Waals surface area contributed by atoms with Crippen molar-refractivity contribution in [1.82, 2.24) is 19.6 Å². The van der Waals surface area contributed by atoms with Gasteiger partial charge < -0.3 is 9.80 Å². The number of carbonyl (C=O) groups excluding carboxylic acids is 1. The summed E-state index contributed by atoms with van der Waals surface area (Å²) < 4.78 is 2.16. The van der Waals surface area contributed by atoms with Crippen molar-refractivity contribution in [1.29, 1.82) is 0 Å². The Morgan fingerprint density at radius 2 is 1.79 bits per heavy atom. The third kappa shape index (κ3) is 4.45. The van der Waals surface area contributed by atoms with Gasteiger partial charge in [0, 0.05) is 30.9 Å². The van der Waals surface area contributed by atoms with Crippen molar-refractivity contribution in [3.05, 3.63) is 17.0 Å². The van der Waals surface area contributed by atoms with E-state index in [1.54, 1.807) is 0 Å². The van der Waals surface area contributed by atoms with E-state index < -0.39 is 0 Å². The zero-order valence-corrected chi connectivity index (χ0v) is 17.8. The van der Waals surface area contributed by atoms with Crippen molar-refractivity contribution in [2.24, 2.45) is 5.92 Å². The van der Waals surface area contributed by atoms with Crippen molar-refractivity contribution >= 4 is 5.91 Å². The zero-order chi connectivity index (χ0) is 19.3. The van der Waals surface area contributed by atoms with Gasteiger partial charge >= 0.3 is 0 Å². The summed E-state index contributed by atoms with van der Waals surface area (Å²) in [5.41, 5.74) is 3.44. The SMILES string of the molecule is CCCn1nc(C(=O)N2CCCCC2)c2c1CCC(CCCN1CCCC1)C2. The molecule has 3 heterocycles. The van der Waals surface area contributed by atoms with Crippen LogP contribution in [0.5, 0.6) is 0 Å². The first-order valence-electron chi connectivity index (χ1n) is 11.9. The number of piperidine rings is 1. The topological polar surface area (TPSA) is 41.4 Å². The van der Waals surface area contributed by atoms with E-state index in [-0.39, 0.29) is 5.91 Å². The number of rotatable bonds is 7. The highest BCUT2D eigenvalue weighted by atomic mass is 16.2. The van der Waals surface area contributed by atoms with Crippen LogP contribution in [0.2, 0.25) is 0 Å². The number of carbonyl (C=O) groups is 1. The molecule has 1 unspecified atom stereocenters. The molecule has 5 nitrogen and oxygen atoms in total. The van der Waals surface area contributed by atoms with Crippen LogP contribution in [-0.2, 0) is 19.4 Å². The Bertz CT molecular complexity index is 656. The minimum atomic E-state index is 0.198. The molecule has 0 bridgehead atoms. The molecular weight excluding hydrogens is 348 g/mol. The average molecular weight is 387 g/mol. The number of hydrogen-bond acceptors (Lipinski definition) is 3.